The third-order valence-corrected chi connectivity index (χ3v) is 5.18. The van der Waals surface area contributed by atoms with Crippen LogP contribution in [0.4, 0.5) is 0 Å². The first-order valence-corrected chi connectivity index (χ1v) is 10.5. The summed E-state index contributed by atoms with van der Waals surface area (Å²) in [7, 11) is 0. The van der Waals surface area contributed by atoms with Gasteiger partial charge in [0.05, 0.1) is 39.1 Å². The Kier molecular flexibility index (Phi) is 6.64. The average molecular weight is 422 g/mol. The number of hydrogen-bond acceptors (Lipinski definition) is 5. The first-order valence-electron chi connectivity index (χ1n) is 10.5. The summed E-state index contributed by atoms with van der Waals surface area (Å²) < 4.78 is 16.8. The number of ether oxygens (including phenoxy) is 3. The summed E-state index contributed by atoms with van der Waals surface area (Å²) in [5.74, 6) is 0.579. The number of nitrogens with one attached hydrogen (secondary N) is 1. The second-order valence-corrected chi connectivity index (χ2v) is 7.43. The zero-order valence-electron chi connectivity index (χ0n) is 17.5. The highest BCUT2D eigenvalue weighted by Gasteiger charge is 2.24. The van der Waals surface area contributed by atoms with Crippen molar-refractivity contribution in [3.8, 4) is 5.75 Å². The molecule has 7 nitrogen and oxygen atoms in total. The number of aromatic nitrogens is 1. The lowest BCUT2D eigenvalue weighted by Gasteiger charge is -2.30. The van der Waals surface area contributed by atoms with E-state index in [-0.39, 0.29) is 24.1 Å². The van der Waals surface area contributed by atoms with Crippen molar-refractivity contribution < 1.29 is 19.0 Å². The first kappa shape index (κ1) is 21.1. The summed E-state index contributed by atoms with van der Waals surface area (Å²) in [5.41, 5.74) is 1.57. The van der Waals surface area contributed by atoms with Crippen LogP contribution in [0.3, 0.4) is 0 Å². The van der Waals surface area contributed by atoms with Gasteiger partial charge in [0.2, 0.25) is 0 Å². The number of hydrogen-bond donors (Lipinski definition) is 1. The summed E-state index contributed by atoms with van der Waals surface area (Å²) in [5, 5.41) is 0.852. The van der Waals surface area contributed by atoms with Gasteiger partial charge in [0.1, 0.15) is 5.75 Å². The highest BCUT2D eigenvalue weighted by molar-refractivity contribution is 5.94. The van der Waals surface area contributed by atoms with Gasteiger partial charge >= 0.3 is 0 Å². The number of aromatic amines is 1. The molecule has 1 N–H and O–H groups in total. The number of fused-ring (bicyclic) bond motifs is 1. The van der Waals surface area contributed by atoms with Crippen molar-refractivity contribution >= 4 is 16.8 Å². The third-order valence-electron chi connectivity index (χ3n) is 5.18. The van der Waals surface area contributed by atoms with E-state index in [2.05, 4.69) is 4.98 Å². The maximum absolute atomic E-state index is 13.2. The Balaban J connectivity index is 1.64. The molecule has 3 aromatic rings. The molecule has 2 aromatic carbocycles. The van der Waals surface area contributed by atoms with Gasteiger partial charge in [0.15, 0.2) is 0 Å². The van der Waals surface area contributed by atoms with Crippen LogP contribution in [0.5, 0.6) is 5.75 Å². The molecule has 1 saturated heterocycles. The topological polar surface area (TPSA) is 80.9 Å². The minimum atomic E-state index is -0.231. The van der Waals surface area contributed by atoms with Crippen molar-refractivity contribution in [1.82, 2.24) is 9.88 Å². The third kappa shape index (κ3) is 5.13. The van der Waals surface area contributed by atoms with E-state index in [1.165, 1.54) is 0 Å². The Bertz CT molecular complexity index is 1090. The monoisotopic (exact) mass is 422 g/mol. The van der Waals surface area contributed by atoms with E-state index < -0.39 is 0 Å². The van der Waals surface area contributed by atoms with Crippen LogP contribution in [-0.2, 0) is 16.0 Å². The molecule has 0 saturated carbocycles. The number of amides is 1. The average Bonchev–Trinajstić information content (AvgIpc) is 2.80. The molecule has 0 radical (unpaired) electrons. The van der Waals surface area contributed by atoms with E-state index in [9.17, 15) is 9.59 Å². The molecule has 1 aliphatic rings. The lowest BCUT2D eigenvalue weighted by molar-refractivity contribution is -0.0953. The quantitative estimate of drug-likeness (QED) is 0.633. The summed E-state index contributed by atoms with van der Waals surface area (Å²) in [6.45, 7) is 4.45. The Morgan fingerprint density at radius 2 is 2.00 bits per heavy atom. The normalized spacial score (nSPS) is 16.2. The molecular weight excluding hydrogens is 396 g/mol. The first-order chi connectivity index (χ1) is 15.1. The van der Waals surface area contributed by atoms with E-state index in [4.69, 9.17) is 14.2 Å². The van der Waals surface area contributed by atoms with Crippen molar-refractivity contribution in [2.45, 2.75) is 19.6 Å². The van der Waals surface area contributed by atoms with Gasteiger partial charge in [0.25, 0.3) is 11.5 Å². The van der Waals surface area contributed by atoms with Gasteiger partial charge in [-0.3, -0.25) is 9.59 Å². The molecule has 31 heavy (non-hydrogen) atoms. The van der Waals surface area contributed by atoms with Crippen molar-refractivity contribution in [3.63, 3.8) is 0 Å². The van der Waals surface area contributed by atoms with Crippen LogP contribution in [0, 0.1) is 0 Å². The van der Waals surface area contributed by atoms with E-state index in [1.807, 2.05) is 49.4 Å². The Labute approximate surface area is 180 Å². The minimum Gasteiger partial charge on any atom is -0.494 e. The summed E-state index contributed by atoms with van der Waals surface area (Å²) in [4.78, 5) is 30.5. The van der Waals surface area contributed by atoms with E-state index >= 15 is 0 Å². The van der Waals surface area contributed by atoms with Crippen molar-refractivity contribution in [2.75, 3.05) is 33.0 Å². The summed E-state index contributed by atoms with van der Waals surface area (Å²) >= 11 is 0. The summed E-state index contributed by atoms with van der Waals surface area (Å²) in [6.07, 6.45) is -0.231. The van der Waals surface area contributed by atoms with Crippen LogP contribution in [0.2, 0.25) is 0 Å². The smallest absolute Gasteiger partial charge is 0.254 e. The summed E-state index contributed by atoms with van der Waals surface area (Å²) in [6, 6.07) is 16.4. The molecule has 1 amide bonds. The maximum Gasteiger partial charge on any atom is 0.254 e. The Morgan fingerprint density at radius 1 is 1.16 bits per heavy atom. The van der Waals surface area contributed by atoms with Gasteiger partial charge < -0.3 is 24.1 Å². The number of H-pyrrole nitrogens is 1. The molecule has 162 valence electrons. The molecule has 7 heteroatoms. The molecule has 1 fully saturated rings. The molecule has 1 atom stereocenters. The highest BCUT2D eigenvalue weighted by atomic mass is 16.6. The van der Waals surface area contributed by atoms with Gasteiger partial charge in [-0.1, -0.05) is 18.2 Å². The number of pyridine rings is 1. The number of nitrogens with zero attached hydrogens (tertiary/aromatic N) is 1. The fourth-order valence-electron chi connectivity index (χ4n) is 3.68. The second kappa shape index (κ2) is 9.76. The predicted molar refractivity (Wildman–Crippen MR) is 117 cm³/mol. The van der Waals surface area contributed by atoms with Crippen LogP contribution >= 0.6 is 0 Å². The SMILES string of the molecule is CCOc1ccc2[nH]c(=O)c(CN(C[C@H]3COCCO3)C(=O)c3ccccc3)cc2c1. The van der Waals surface area contributed by atoms with Gasteiger partial charge in [-0.25, -0.2) is 0 Å². The molecular formula is C24H26N2O5. The van der Waals surface area contributed by atoms with Crippen LogP contribution in [-0.4, -0.2) is 54.9 Å². The molecule has 0 aliphatic carbocycles. The molecule has 0 spiro atoms. The van der Waals surface area contributed by atoms with Crippen molar-refractivity contribution in [1.29, 1.82) is 0 Å². The molecule has 0 unspecified atom stereocenters. The van der Waals surface area contributed by atoms with Crippen LogP contribution in [0.1, 0.15) is 22.8 Å². The van der Waals surface area contributed by atoms with Gasteiger partial charge in [-0.2, -0.15) is 0 Å². The fourth-order valence-corrected chi connectivity index (χ4v) is 3.68. The lowest BCUT2D eigenvalue weighted by atomic mass is 10.1. The van der Waals surface area contributed by atoms with Gasteiger partial charge in [-0.05, 0) is 43.3 Å². The molecule has 4 rings (SSSR count). The standard InChI is InChI=1S/C24H26N2O5/c1-2-30-20-8-9-22-18(13-20)12-19(23(27)25-22)14-26(15-21-16-29-10-11-31-21)24(28)17-6-4-3-5-7-17/h3-9,12-13,21H,2,10-11,14-16H2,1H3,(H,25,27)/t21-/m0/s1. The predicted octanol–water partition coefficient (Wildman–Crippen LogP) is 2.98. The fraction of sp³-hybridized carbons (Fsp3) is 0.333. The number of carbonyl (C=O) groups is 1. The number of rotatable bonds is 7. The molecule has 2 heterocycles. The zero-order valence-corrected chi connectivity index (χ0v) is 17.5. The van der Waals surface area contributed by atoms with Crippen LogP contribution in [0.25, 0.3) is 10.9 Å². The number of carbonyl (C=O) groups excluding carboxylic acids is 1. The molecule has 1 aromatic heterocycles. The van der Waals surface area contributed by atoms with Crippen LogP contribution in [0.15, 0.2) is 59.4 Å². The minimum absolute atomic E-state index is 0.155. The van der Waals surface area contributed by atoms with Gasteiger partial charge in [0, 0.05) is 28.6 Å². The largest absolute Gasteiger partial charge is 0.494 e. The second-order valence-electron chi connectivity index (χ2n) is 7.43. The molecule has 0 bridgehead atoms. The maximum atomic E-state index is 13.2. The zero-order chi connectivity index (χ0) is 21.6. The van der Waals surface area contributed by atoms with E-state index in [0.717, 1.165) is 16.7 Å². The van der Waals surface area contributed by atoms with Crippen LogP contribution < -0.4 is 10.3 Å². The Hall–Kier alpha value is -3.16. The van der Waals surface area contributed by atoms with Gasteiger partial charge in [-0.15, -0.1) is 0 Å². The molecule has 1 aliphatic heterocycles. The lowest BCUT2D eigenvalue weighted by Crippen LogP contribution is -2.43. The Morgan fingerprint density at radius 3 is 2.74 bits per heavy atom. The van der Waals surface area contributed by atoms with E-state index in [0.29, 0.717) is 44.1 Å². The highest BCUT2D eigenvalue weighted by Crippen LogP contribution is 2.20. The van der Waals surface area contributed by atoms with Crippen molar-refractivity contribution in [2.24, 2.45) is 0 Å². The van der Waals surface area contributed by atoms with E-state index in [1.54, 1.807) is 17.0 Å². The number of benzene rings is 2. The van der Waals surface area contributed by atoms with Crippen molar-refractivity contribution in [3.05, 3.63) is 76.1 Å².